The number of hydrogen-bond donors (Lipinski definition) is 0. The molecule has 2 aromatic carbocycles. The number of halogens is 2. The zero-order valence-electron chi connectivity index (χ0n) is 17.8. The van der Waals surface area contributed by atoms with Crippen LogP contribution in [0, 0.1) is 11.6 Å². The minimum atomic E-state index is -0.564. The van der Waals surface area contributed by atoms with Crippen LogP contribution in [0.3, 0.4) is 0 Å². The lowest BCUT2D eigenvalue weighted by Gasteiger charge is -2.43. The van der Waals surface area contributed by atoms with E-state index in [0.29, 0.717) is 12.1 Å². The van der Waals surface area contributed by atoms with Gasteiger partial charge in [-0.15, -0.1) is 0 Å². The second-order valence-corrected chi connectivity index (χ2v) is 9.10. The summed E-state index contributed by atoms with van der Waals surface area (Å²) in [6, 6.07) is 10.4. The summed E-state index contributed by atoms with van der Waals surface area (Å²) in [5.41, 5.74) is 3.76. The normalized spacial score (nSPS) is 20.4. The predicted molar refractivity (Wildman–Crippen MR) is 117 cm³/mol. The van der Waals surface area contributed by atoms with Crippen molar-refractivity contribution in [3.63, 3.8) is 0 Å². The van der Waals surface area contributed by atoms with E-state index in [-0.39, 0.29) is 5.91 Å². The van der Waals surface area contributed by atoms with Crippen LogP contribution in [-0.4, -0.2) is 65.9 Å². The van der Waals surface area contributed by atoms with Gasteiger partial charge in [-0.2, -0.15) is 0 Å². The van der Waals surface area contributed by atoms with Gasteiger partial charge in [-0.3, -0.25) is 14.6 Å². The van der Waals surface area contributed by atoms with Gasteiger partial charge in [-0.25, -0.2) is 8.78 Å². The second-order valence-electron chi connectivity index (χ2n) is 9.10. The summed E-state index contributed by atoms with van der Waals surface area (Å²) in [6.07, 6.45) is 4.82. The molecule has 0 spiro atoms. The zero-order chi connectivity index (χ0) is 21.4. The average molecular weight is 426 g/mol. The van der Waals surface area contributed by atoms with E-state index in [1.165, 1.54) is 42.5 Å². The fourth-order valence-electron chi connectivity index (χ4n) is 5.03. The molecule has 1 aliphatic carbocycles. The van der Waals surface area contributed by atoms with Gasteiger partial charge in [0.2, 0.25) is 5.91 Å². The molecule has 1 saturated heterocycles. The molecule has 0 radical (unpaired) electrons. The van der Waals surface area contributed by atoms with Gasteiger partial charge in [0.1, 0.15) is 11.6 Å². The molecule has 5 rings (SSSR count). The van der Waals surface area contributed by atoms with Crippen molar-refractivity contribution >= 4 is 5.91 Å². The lowest BCUT2D eigenvalue weighted by atomic mass is 9.91. The molecule has 0 unspecified atom stereocenters. The van der Waals surface area contributed by atoms with Crippen LogP contribution in [0.2, 0.25) is 0 Å². The Hall–Kier alpha value is -2.31. The van der Waals surface area contributed by atoms with Crippen molar-refractivity contribution in [2.75, 3.05) is 39.3 Å². The summed E-state index contributed by atoms with van der Waals surface area (Å²) in [5.74, 6) is -0.902. The first-order chi connectivity index (χ1) is 15.0. The average Bonchev–Trinajstić information content (AvgIpc) is 2.72. The minimum absolute atomic E-state index is 0.226. The Morgan fingerprint density at radius 1 is 0.871 bits per heavy atom. The van der Waals surface area contributed by atoms with E-state index in [4.69, 9.17) is 0 Å². The molecular formula is C25H29F2N3O. The highest BCUT2D eigenvalue weighted by Crippen LogP contribution is 2.28. The lowest BCUT2D eigenvalue weighted by Crippen LogP contribution is -2.55. The topological polar surface area (TPSA) is 26.8 Å². The number of rotatable bonds is 4. The van der Waals surface area contributed by atoms with E-state index in [1.807, 2.05) is 23.1 Å². The molecule has 1 amide bonds. The van der Waals surface area contributed by atoms with Gasteiger partial charge in [0.05, 0.1) is 6.54 Å². The third kappa shape index (κ3) is 4.51. The maximum Gasteiger partial charge on any atom is 0.236 e. The standard InChI is InChI=1S/C25H29F2N3O/c26-22-13-21(14-23(27)15-22)18-4-5-20-16-28(7-6-19(20)12-18)17-25(31)30-10-8-29(9-11-30)24-2-1-3-24/h4-5,12-15,24H,1-3,6-11,16-17H2. The van der Waals surface area contributed by atoms with Crippen molar-refractivity contribution in [1.29, 1.82) is 0 Å². The first-order valence-corrected chi connectivity index (χ1v) is 11.4. The van der Waals surface area contributed by atoms with Gasteiger partial charge in [0.25, 0.3) is 0 Å². The molecule has 0 aromatic heterocycles. The van der Waals surface area contributed by atoms with Crippen LogP contribution >= 0.6 is 0 Å². The van der Waals surface area contributed by atoms with Gasteiger partial charge >= 0.3 is 0 Å². The Bertz CT molecular complexity index is 947. The number of piperazine rings is 1. The molecule has 2 fully saturated rings. The van der Waals surface area contributed by atoms with Crippen molar-refractivity contribution in [3.8, 4) is 11.1 Å². The molecule has 2 aromatic rings. The smallest absolute Gasteiger partial charge is 0.236 e. The number of carbonyl (C=O) groups excluding carboxylic acids is 1. The van der Waals surface area contributed by atoms with Gasteiger partial charge in [0, 0.05) is 51.4 Å². The highest BCUT2D eigenvalue weighted by atomic mass is 19.1. The fraction of sp³-hybridized carbons (Fsp3) is 0.480. The minimum Gasteiger partial charge on any atom is -0.339 e. The Balaban J connectivity index is 1.18. The molecule has 4 nitrogen and oxygen atoms in total. The van der Waals surface area contributed by atoms with Crippen molar-refractivity contribution in [2.45, 2.75) is 38.3 Å². The first-order valence-electron chi connectivity index (χ1n) is 11.4. The Kier molecular flexibility index (Phi) is 5.76. The first kappa shape index (κ1) is 20.6. The van der Waals surface area contributed by atoms with E-state index >= 15 is 0 Å². The number of hydrogen-bond acceptors (Lipinski definition) is 3. The molecule has 6 heteroatoms. The molecule has 31 heavy (non-hydrogen) atoms. The van der Waals surface area contributed by atoms with Crippen molar-refractivity contribution in [3.05, 3.63) is 59.2 Å². The SMILES string of the molecule is O=C(CN1CCc2cc(-c3cc(F)cc(F)c3)ccc2C1)N1CCN(C2CCC2)CC1. The summed E-state index contributed by atoms with van der Waals surface area (Å²) in [5, 5.41) is 0. The number of nitrogens with zero attached hydrogens (tertiary/aromatic N) is 3. The molecule has 0 bridgehead atoms. The van der Waals surface area contributed by atoms with E-state index in [0.717, 1.165) is 63.4 Å². The largest absolute Gasteiger partial charge is 0.339 e. The van der Waals surface area contributed by atoms with Gasteiger partial charge in [-0.1, -0.05) is 24.6 Å². The number of fused-ring (bicyclic) bond motifs is 1. The van der Waals surface area contributed by atoms with Crippen LogP contribution in [-0.2, 0) is 17.8 Å². The van der Waals surface area contributed by atoms with Crippen LogP contribution in [0.15, 0.2) is 36.4 Å². The van der Waals surface area contributed by atoms with Crippen LogP contribution in [0.4, 0.5) is 8.78 Å². The maximum absolute atomic E-state index is 13.6. The van der Waals surface area contributed by atoms with E-state index in [2.05, 4.69) is 9.80 Å². The van der Waals surface area contributed by atoms with Gasteiger partial charge in [-0.05, 0) is 53.6 Å². The Morgan fingerprint density at radius 2 is 1.61 bits per heavy atom. The fourth-order valence-corrected chi connectivity index (χ4v) is 5.03. The molecule has 164 valence electrons. The molecular weight excluding hydrogens is 396 g/mol. The molecule has 1 saturated carbocycles. The highest BCUT2D eigenvalue weighted by Gasteiger charge is 2.30. The molecule has 3 aliphatic rings. The van der Waals surface area contributed by atoms with E-state index in [9.17, 15) is 13.6 Å². The van der Waals surface area contributed by atoms with E-state index in [1.54, 1.807) is 0 Å². The van der Waals surface area contributed by atoms with Crippen molar-refractivity contribution in [2.24, 2.45) is 0 Å². The molecule has 2 heterocycles. The molecule has 2 aliphatic heterocycles. The molecule has 0 N–H and O–H groups in total. The monoisotopic (exact) mass is 425 g/mol. The van der Waals surface area contributed by atoms with Crippen molar-refractivity contribution < 1.29 is 13.6 Å². The Labute approximate surface area is 182 Å². The molecule has 0 atom stereocenters. The Morgan fingerprint density at radius 3 is 2.29 bits per heavy atom. The third-order valence-corrected chi connectivity index (χ3v) is 7.11. The van der Waals surface area contributed by atoms with E-state index < -0.39 is 11.6 Å². The van der Waals surface area contributed by atoms with Crippen LogP contribution < -0.4 is 0 Å². The van der Waals surface area contributed by atoms with Crippen molar-refractivity contribution in [1.82, 2.24) is 14.7 Å². The number of benzene rings is 2. The van der Waals surface area contributed by atoms with Gasteiger partial charge < -0.3 is 4.90 Å². The lowest BCUT2D eigenvalue weighted by molar-refractivity contribution is -0.135. The number of amides is 1. The summed E-state index contributed by atoms with van der Waals surface area (Å²) < 4.78 is 27.2. The third-order valence-electron chi connectivity index (χ3n) is 7.11. The second kappa shape index (κ2) is 8.67. The summed E-state index contributed by atoms with van der Waals surface area (Å²) in [7, 11) is 0. The van der Waals surface area contributed by atoms with Crippen LogP contribution in [0.25, 0.3) is 11.1 Å². The number of carbonyl (C=O) groups is 1. The quantitative estimate of drug-likeness (QED) is 0.748. The predicted octanol–water partition coefficient (Wildman–Crippen LogP) is 3.69. The summed E-state index contributed by atoms with van der Waals surface area (Å²) in [4.78, 5) is 19.6. The zero-order valence-corrected chi connectivity index (χ0v) is 17.8. The van der Waals surface area contributed by atoms with Crippen LogP contribution in [0.1, 0.15) is 30.4 Å². The van der Waals surface area contributed by atoms with Gasteiger partial charge in [0.15, 0.2) is 0 Å². The summed E-state index contributed by atoms with van der Waals surface area (Å²) >= 11 is 0. The van der Waals surface area contributed by atoms with Crippen LogP contribution in [0.5, 0.6) is 0 Å². The highest BCUT2D eigenvalue weighted by molar-refractivity contribution is 5.78. The maximum atomic E-state index is 13.6. The summed E-state index contributed by atoms with van der Waals surface area (Å²) in [6.45, 7) is 5.70.